The van der Waals surface area contributed by atoms with Gasteiger partial charge in [0.25, 0.3) is 5.91 Å². The molecule has 1 aromatic heterocycles. The molecule has 0 unspecified atom stereocenters. The summed E-state index contributed by atoms with van der Waals surface area (Å²) in [6.45, 7) is 3.59. The quantitative estimate of drug-likeness (QED) is 0.494. The monoisotopic (exact) mass is 498 g/mol. The van der Waals surface area contributed by atoms with Crippen molar-refractivity contribution in [1.29, 1.82) is 0 Å². The van der Waals surface area contributed by atoms with Crippen LogP contribution < -0.4 is 14.2 Å². The molecule has 0 saturated carbocycles. The zero-order valence-corrected chi connectivity index (χ0v) is 20.6. The summed E-state index contributed by atoms with van der Waals surface area (Å²) >= 11 is 0. The minimum Gasteiger partial charge on any atom is -0.503 e. The minimum absolute atomic E-state index is 0.0287. The molecule has 10 heteroatoms. The molecule has 4 rings (SSSR count). The summed E-state index contributed by atoms with van der Waals surface area (Å²) < 4.78 is 27.1. The summed E-state index contributed by atoms with van der Waals surface area (Å²) in [6, 6.07) is 5.91. The summed E-state index contributed by atoms with van der Waals surface area (Å²) in [5.74, 6) is -0.104. The third-order valence-electron chi connectivity index (χ3n) is 6.27. The molecule has 192 valence electrons. The van der Waals surface area contributed by atoms with Gasteiger partial charge in [0.2, 0.25) is 5.75 Å². The number of allylic oxidation sites excluding steroid dienone is 1. The van der Waals surface area contributed by atoms with E-state index in [1.165, 1.54) is 44.6 Å². The predicted octanol–water partition coefficient (Wildman–Crippen LogP) is 2.62. The van der Waals surface area contributed by atoms with Crippen molar-refractivity contribution in [2.75, 3.05) is 60.7 Å². The van der Waals surface area contributed by atoms with Crippen molar-refractivity contribution < 1.29 is 38.1 Å². The maximum absolute atomic E-state index is 13.3. The van der Waals surface area contributed by atoms with E-state index >= 15 is 0 Å². The van der Waals surface area contributed by atoms with E-state index in [1.807, 2.05) is 0 Å². The highest BCUT2D eigenvalue weighted by Crippen LogP contribution is 2.45. The number of nitrogens with zero attached hydrogens (tertiary/aromatic N) is 2. The molecule has 1 saturated heterocycles. The molecule has 3 heterocycles. The van der Waals surface area contributed by atoms with Crippen LogP contribution in [0.3, 0.4) is 0 Å². The first-order valence-corrected chi connectivity index (χ1v) is 11.6. The Balaban J connectivity index is 1.73. The zero-order valence-electron chi connectivity index (χ0n) is 20.6. The SMILES string of the molecule is COc1cc([C@H]2C(C(=O)/C=C/c3ccco3)=C(O)C(=O)N2CCN2CCOCC2)cc(OC)c1OC. The Kier molecular flexibility index (Phi) is 7.97. The van der Waals surface area contributed by atoms with Crippen LogP contribution in [0.4, 0.5) is 0 Å². The summed E-state index contributed by atoms with van der Waals surface area (Å²) in [6.07, 6.45) is 4.27. The number of hydrogen-bond donors (Lipinski definition) is 1. The molecule has 10 nitrogen and oxygen atoms in total. The van der Waals surface area contributed by atoms with E-state index in [4.69, 9.17) is 23.4 Å². The molecule has 2 aromatic rings. The highest BCUT2D eigenvalue weighted by atomic mass is 16.5. The van der Waals surface area contributed by atoms with Gasteiger partial charge >= 0.3 is 0 Å². The molecule has 0 radical (unpaired) electrons. The second-order valence-corrected chi connectivity index (χ2v) is 8.29. The molecular weight excluding hydrogens is 468 g/mol. The molecule has 0 bridgehead atoms. The van der Waals surface area contributed by atoms with Crippen LogP contribution in [0.1, 0.15) is 17.4 Å². The van der Waals surface area contributed by atoms with Crippen LogP contribution in [0.15, 0.2) is 52.4 Å². The highest BCUT2D eigenvalue weighted by Gasteiger charge is 2.43. The van der Waals surface area contributed by atoms with Crippen molar-refractivity contribution in [1.82, 2.24) is 9.80 Å². The van der Waals surface area contributed by atoms with E-state index in [1.54, 1.807) is 24.3 Å². The minimum atomic E-state index is -0.860. The molecular formula is C26H30N2O8. The molecule has 1 amide bonds. The number of aliphatic hydroxyl groups excluding tert-OH is 1. The number of amides is 1. The Hall–Kier alpha value is -3.76. The van der Waals surface area contributed by atoms with Crippen LogP contribution in [0.5, 0.6) is 17.2 Å². The van der Waals surface area contributed by atoms with Crippen LogP contribution >= 0.6 is 0 Å². The first kappa shape index (κ1) is 25.3. The number of aliphatic hydroxyl groups is 1. The third-order valence-corrected chi connectivity index (χ3v) is 6.27. The van der Waals surface area contributed by atoms with Gasteiger partial charge in [-0.3, -0.25) is 14.5 Å². The zero-order chi connectivity index (χ0) is 25.7. The topological polar surface area (TPSA) is 111 Å². The molecule has 36 heavy (non-hydrogen) atoms. The van der Waals surface area contributed by atoms with Gasteiger partial charge in [0.15, 0.2) is 23.0 Å². The van der Waals surface area contributed by atoms with E-state index in [9.17, 15) is 14.7 Å². The average Bonchev–Trinajstić information content (AvgIpc) is 3.52. The van der Waals surface area contributed by atoms with Gasteiger partial charge in [0, 0.05) is 26.2 Å². The van der Waals surface area contributed by atoms with E-state index in [0.29, 0.717) is 54.9 Å². The van der Waals surface area contributed by atoms with Gasteiger partial charge in [-0.2, -0.15) is 0 Å². The second-order valence-electron chi connectivity index (χ2n) is 8.29. The highest BCUT2D eigenvalue weighted by molar-refractivity contribution is 6.14. The molecule has 1 aromatic carbocycles. The number of benzene rings is 1. The number of rotatable bonds is 10. The van der Waals surface area contributed by atoms with Gasteiger partial charge in [0.05, 0.1) is 52.4 Å². The summed E-state index contributed by atoms with van der Waals surface area (Å²) in [4.78, 5) is 30.2. The molecule has 2 aliphatic rings. The third kappa shape index (κ3) is 5.09. The van der Waals surface area contributed by atoms with Crippen LogP contribution in [-0.2, 0) is 14.3 Å². The van der Waals surface area contributed by atoms with E-state index < -0.39 is 23.5 Å². The van der Waals surface area contributed by atoms with Crippen molar-refractivity contribution >= 4 is 17.8 Å². The summed E-state index contributed by atoms with van der Waals surface area (Å²) in [5.41, 5.74) is 0.512. The molecule has 0 aliphatic carbocycles. The van der Waals surface area contributed by atoms with E-state index in [-0.39, 0.29) is 5.57 Å². The first-order valence-electron chi connectivity index (χ1n) is 11.6. The van der Waals surface area contributed by atoms with Crippen LogP contribution in [0.2, 0.25) is 0 Å². The number of ether oxygens (including phenoxy) is 4. The predicted molar refractivity (Wildman–Crippen MR) is 130 cm³/mol. The van der Waals surface area contributed by atoms with Gasteiger partial charge in [-0.25, -0.2) is 0 Å². The average molecular weight is 499 g/mol. The van der Waals surface area contributed by atoms with E-state index in [2.05, 4.69) is 4.90 Å². The molecule has 1 fully saturated rings. The van der Waals surface area contributed by atoms with Crippen molar-refractivity contribution in [3.05, 3.63) is 59.3 Å². The van der Waals surface area contributed by atoms with Gasteiger partial charge < -0.3 is 33.4 Å². The molecule has 2 aliphatic heterocycles. The lowest BCUT2D eigenvalue weighted by Crippen LogP contribution is -2.43. The number of ketones is 1. The van der Waals surface area contributed by atoms with Gasteiger partial charge in [-0.15, -0.1) is 0 Å². The Bertz CT molecular complexity index is 1120. The maximum Gasteiger partial charge on any atom is 0.290 e. The Morgan fingerprint density at radius 2 is 1.81 bits per heavy atom. The summed E-state index contributed by atoms with van der Waals surface area (Å²) in [5, 5.41) is 10.9. The standard InChI is InChI=1S/C26H30N2O8/c1-32-20-15-17(16-21(33-2)25(20)34-3)23-22(19(29)7-6-18-5-4-12-36-18)24(30)26(31)28(23)9-8-27-10-13-35-14-11-27/h4-7,12,15-16,23,30H,8-11,13-14H2,1-3H3/b7-6+/t23-/m0/s1. The normalized spacial score (nSPS) is 18.8. The number of carbonyl (C=O) groups excluding carboxylic acids is 2. The van der Waals surface area contributed by atoms with Crippen LogP contribution in [0.25, 0.3) is 6.08 Å². The molecule has 0 spiro atoms. The number of carbonyl (C=O) groups is 2. The van der Waals surface area contributed by atoms with Gasteiger partial charge in [-0.05, 0) is 42.0 Å². The fourth-order valence-corrected chi connectivity index (χ4v) is 4.45. The molecule has 1 N–H and O–H groups in total. The summed E-state index contributed by atoms with van der Waals surface area (Å²) in [7, 11) is 4.47. The lowest BCUT2D eigenvalue weighted by molar-refractivity contribution is -0.129. The van der Waals surface area contributed by atoms with Crippen LogP contribution in [0, 0.1) is 0 Å². The lowest BCUT2D eigenvalue weighted by Gasteiger charge is -2.32. The van der Waals surface area contributed by atoms with Crippen molar-refractivity contribution in [3.8, 4) is 17.2 Å². The first-order chi connectivity index (χ1) is 17.5. The Labute approximate surface area is 209 Å². The lowest BCUT2D eigenvalue weighted by atomic mass is 9.95. The van der Waals surface area contributed by atoms with Gasteiger partial charge in [-0.1, -0.05) is 0 Å². The fraction of sp³-hybridized carbons (Fsp3) is 0.385. The molecule has 1 atom stereocenters. The van der Waals surface area contributed by atoms with Gasteiger partial charge in [0.1, 0.15) is 5.76 Å². The largest absolute Gasteiger partial charge is 0.503 e. The van der Waals surface area contributed by atoms with Crippen molar-refractivity contribution in [2.24, 2.45) is 0 Å². The van der Waals surface area contributed by atoms with E-state index in [0.717, 1.165) is 13.1 Å². The maximum atomic E-state index is 13.3. The number of furan rings is 1. The second kappa shape index (κ2) is 11.3. The smallest absolute Gasteiger partial charge is 0.290 e. The van der Waals surface area contributed by atoms with Crippen molar-refractivity contribution in [2.45, 2.75) is 6.04 Å². The Morgan fingerprint density at radius 3 is 2.39 bits per heavy atom. The number of morpholine rings is 1. The van der Waals surface area contributed by atoms with Crippen molar-refractivity contribution in [3.63, 3.8) is 0 Å². The van der Waals surface area contributed by atoms with Crippen LogP contribution in [-0.4, -0.2) is 87.3 Å². The fourth-order valence-electron chi connectivity index (χ4n) is 4.45. The number of methoxy groups -OCH3 is 3. The number of hydrogen-bond acceptors (Lipinski definition) is 9. The Morgan fingerprint density at radius 1 is 1.11 bits per heavy atom.